The number of nitrogens with one attached hydrogen (secondary N) is 1. The third kappa shape index (κ3) is 5.41. The Kier molecular flexibility index (Phi) is 7.28. The van der Waals surface area contributed by atoms with Crippen LogP contribution in [0.4, 0.5) is 4.39 Å². The largest absolute Gasteiger partial charge is 0.495 e. The average Bonchev–Trinajstić information content (AvgIpc) is 3.17. The predicted octanol–water partition coefficient (Wildman–Crippen LogP) is 3.42. The van der Waals surface area contributed by atoms with E-state index >= 15 is 0 Å². The number of methoxy groups -OCH3 is 1. The van der Waals surface area contributed by atoms with Crippen LogP contribution in [0.3, 0.4) is 0 Å². The van der Waals surface area contributed by atoms with Crippen LogP contribution in [0.5, 0.6) is 11.6 Å². The topological polar surface area (TPSA) is 90.8 Å². The van der Waals surface area contributed by atoms with Gasteiger partial charge < -0.3 is 19.7 Å². The molecule has 1 aliphatic heterocycles. The lowest BCUT2D eigenvalue weighted by atomic mass is 10.1. The molecule has 3 aromatic rings. The van der Waals surface area contributed by atoms with Gasteiger partial charge in [-0.3, -0.25) is 9.69 Å². The number of halogens is 2. The van der Waals surface area contributed by atoms with Gasteiger partial charge in [0.1, 0.15) is 11.6 Å². The van der Waals surface area contributed by atoms with Crippen LogP contribution in [0.25, 0.3) is 11.8 Å². The summed E-state index contributed by atoms with van der Waals surface area (Å²) in [7, 11) is 1.46. The summed E-state index contributed by atoms with van der Waals surface area (Å²) in [6, 6.07) is 9.50. The molecular weight excluding hydrogens is 475 g/mol. The third-order valence-electron chi connectivity index (χ3n) is 6.02. The standard InChI is InChI=1S/C25H26ClFN4O4/c1-16-14-29(15-17-3-6-19(27)7-4-17)9-10-30(16)23(32)8-5-18-11-22(35-2)20(26)12-21(18)31-24(33)13-28-25(31)34/h3-8,11-13,16,33H,9-10,14-15H2,1-2H3,(H,28,34)/t16-/m1/s1. The van der Waals surface area contributed by atoms with E-state index in [2.05, 4.69) is 9.88 Å². The van der Waals surface area contributed by atoms with E-state index in [4.69, 9.17) is 16.3 Å². The van der Waals surface area contributed by atoms with Gasteiger partial charge in [-0.2, -0.15) is 0 Å². The molecule has 0 bridgehead atoms. The molecule has 0 spiro atoms. The Balaban J connectivity index is 1.50. The molecule has 1 amide bonds. The van der Waals surface area contributed by atoms with Gasteiger partial charge in [0.2, 0.25) is 11.8 Å². The first-order valence-corrected chi connectivity index (χ1v) is 11.5. The second-order valence-corrected chi connectivity index (χ2v) is 8.82. The normalized spacial score (nSPS) is 16.7. The van der Waals surface area contributed by atoms with Crippen molar-refractivity contribution in [3.05, 3.63) is 81.1 Å². The molecule has 1 aliphatic rings. The number of aromatic hydroxyl groups is 1. The Labute approximate surface area is 206 Å². The third-order valence-corrected chi connectivity index (χ3v) is 6.31. The van der Waals surface area contributed by atoms with Crippen LogP contribution in [0.2, 0.25) is 5.02 Å². The molecule has 184 valence electrons. The molecule has 2 heterocycles. The van der Waals surface area contributed by atoms with Crippen LogP contribution in [0.15, 0.2) is 53.5 Å². The number of ether oxygens (including phenoxy) is 1. The highest BCUT2D eigenvalue weighted by Crippen LogP contribution is 2.32. The Morgan fingerprint density at radius 1 is 1.29 bits per heavy atom. The minimum Gasteiger partial charge on any atom is -0.495 e. The van der Waals surface area contributed by atoms with Crippen molar-refractivity contribution >= 4 is 23.6 Å². The maximum Gasteiger partial charge on any atom is 0.333 e. The van der Waals surface area contributed by atoms with Gasteiger partial charge in [0.15, 0.2) is 0 Å². The first-order chi connectivity index (χ1) is 16.8. The van der Waals surface area contributed by atoms with E-state index in [1.165, 1.54) is 37.6 Å². The van der Waals surface area contributed by atoms with E-state index in [9.17, 15) is 19.1 Å². The molecule has 1 aromatic heterocycles. The molecular formula is C25H26ClFN4O4. The van der Waals surface area contributed by atoms with Gasteiger partial charge >= 0.3 is 5.69 Å². The van der Waals surface area contributed by atoms with Crippen molar-refractivity contribution in [2.24, 2.45) is 0 Å². The smallest absolute Gasteiger partial charge is 0.333 e. The fraction of sp³-hybridized carbons (Fsp3) is 0.280. The van der Waals surface area contributed by atoms with E-state index in [1.54, 1.807) is 29.2 Å². The molecule has 2 N–H and O–H groups in total. The average molecular weight is 501 g/mol. The number of imidazole rings is 1. The lowest BCUT2D eigenvalue weighted by molar-refractivity contribution is -0.130. The highest BCUT2D eigenvalue weighted by molar-refractivity contribution is 6.32. The number of carbonyl (C=O) groups is 1. The summed E-state index contributed by atoms with van der Waals surface area (Å²) in [4.78, 5) is 31.7. The number of hydrogen-bond acceptors (Lipinski definition) is 5. The van der Waals surface area contributed by atoms with Gasteiger partial charge in [-0.1, -0.05) is 23.7 Å². The van der Waals surface area contributed by atoms with Crippen LogP contribution in [0.1, 0.15) is 18.1 Å². The van der Waals surface area contributed by atoms with Crippen molar-refractivity contribution in [3.8, 4) is 17.3 Å². The monoisotopic (exact) mass is 500 g/mol. The van der Waals surface area contributed by atoms with E-state index in [1.807, 2.05) is 6.92 Å². The zero-order chi connectivity index (χ0) is 25.1. The molecule has 1 atom stereocenters. The predicted molar refractivity (Wildman–Crippen MR) is 132 cm³/mol. The molecule has 0 saturated carbocycles. The maximum atomic E-state index is 13.2. The fourth-order valence-corrected chi connectivity index (χ4v) is 4.48. The van der Waals surface area contributed by atoms with Gasteiger partial charge in [-0.25, -0.2) is 13.8 Å². The number of piperazine rings is 1. The van der Waals surface area contributed by atoms with Gasteiger partial charge in [0.05, 0.1) is 24.0 Å². The van der Waals surface area contributed by atoms with Crippen molar-refractivity contribution in [1.82, 2.24) is 19.4 Å². The van der Waals surface area contributed by atoms with E-state index < -0.39 is 5.69 Å². The molecule has 35 heavy (non-hydrogen) atoms. The van der Waals surface area contributed by atoms with Gasteiger partial charge in [-0.15, -0.1) is 0 Å². The fourth-order valence-electron chi connectivity index (χ4n) is 4.24. The summed E-state index contributed by atoms with van der Waals surface area (Å²) in [6.07, 6.45) is 4.19. The zero-order valence-corrected chi connectivity index (χ0v) is 20.1. The summed E-state index contributed by atoms with van der Waals surface area (Å²) in [5.41, 5.74) is 1.25. The number of carbonyl (C=O) groups excluding carboxylic acids is 1. The van der Waals surface area contributed by atoms with Crippen molar-refractivity contribution in [3.63, 3.8) is 0 Å². The second kappa shape index (κ2) is 10.4. The van der Waals surface area contributed by atoms with Crippen LogP contribution in [-0.4, -0.2) is 63.2 Å². The summed E-state index contributed by atoms with van der Waals surface area (Å²) in [5.74, 6) is -0.358. The molecule has 2 aromatic carbocycles. The SMILES string of the molecule is COc1cc(C=CC(=O)N2CCN(Cc3ccc(F)cc3)C[C@H]2C)c(-n2c(O)c[nH]c2=O)cc1Cl. The first kappa shape index (κ1) is 24.6. The van der Waals surface area contributed by atoms with Crippen molar-refractivity contribution in [1.29, 1.82) is 0 Å². The Hall–Kier alpha value is -3.56. The van der Waals surface area contributed by atoms with Crippen LogP contribution < -0.4 is 10.4 Å². The van der Waals surface area contributed by atoms with Crippen molar-refractivity contribution in [2.45, 2.75) is 19.5 Å². The summed E-state index contributed by atoms with van der Waals surface area (Å²) in [5, 5.41) is 10.4. The molecule has 1 saturated heterocycles. The number of H-pyrrole nitrogens is 1. The number of aromatic amines is 1. The highest BCUT2D eigenvalue weighted by atomic mass is 35.5. The molecule has 4 rings (SSSR count). The number of amides is 1. The molecule has 0 radical (unpaired) electrons. The Bertz CT molecular complexity index is 1300. The van der Waals surface area contributed by atoms with E-state index in [0.717, 1.165) is 10.1 Å². The molecule has 0 aliphatic carbocycles. The highest BCUT2D eigenvalue weighted by Gasteiger charge is 2.26. The quantitative estimate of drug-likeness (QED) is 0.506. The van der Waals surface area contributed by atoms with E-state index in [-0.39, 0.29) is 28.7 Å². The van der Waals surface area contributed by atoms with Gasteiger partial charge in [-0.05, 0) is 42.8 Å². The molecule has 8 nitrogen and oxygen atoms in total. The van der Waals surface area contributed by atoms with Crippen molar-refractivity contribution in [2.75, 3.05) is 26.7 Å². The lowest BCUT2D eigenvalue weighted by Gasteiger charge is -2.39. The number of nitrogens with zero attached hydrogens (tertiary/aromatic N) is 3. The summed E-state index contributed by atoms with van der Waals surface area (Å²) >= 11 is 6.25. The Morgan fingerprint density at radius 2 is 2.03 bits per heavy atom. The molecule has 1 fully saturated rings. The molecule has 10 heteroatoms. The second-order valence-electron chi connectivity index (χ2n) is 8.41. The van der Waals surface area contributed by atoms with Crippen LogP contribution in [-0.2, 0) is 11.3 Å². The minimum absolute atomic E-state index is 0.0306. The minimum atomic E-state index is -0.546. The number of benzene rings is 2. The van der Waals surface area contributed by atoms with E-state index in [0.29, 0.717) is 43.2 Å². The zero-order valence-electron chi connectivity index (χ0n) is 19.4. The molecule has 0 unspecified atom stereocenters. The number of aromatic nitrogens is 2. The Morgan fingerprint density at radius 3 is 2.66 bits per heavy atom. The van der Waals surface area contributed by atoms with Crippen molar-refractivity contribution < 1.29 is 19.0 Å². The summed E-state index contributed by atoms with van der Waals surface area (Å²) < 4.78 is 19.5. The maximum absolute atomic E-state index is 13.2. The number of rotatable bonds is 6. The number of hydrogen-bond donors (Lipinski definition) is 2. The first-order valence-electron chi connectivity index (χ1n) is 11.1. The van der Waals surface area contributed by atoms with Crippen LogP contribution >= 0.6 is 11.6 Å². The summed E-state index contributed by atoms with van der Waals surface area (Å²) in [6.45, 7) is 4.58. The van der Waals surface area contributed by atoms with Crippen LogP contribution in [0, 0.1) is 5.82 Å². The van der Waals surface area contributed by atoms with Gasteiger partial charge in [0.25, 0.3) is 0 Å². The lowest BCUT2D eigenvalue weighted by Crippen LogP contribution is -2.53. The van der Waals surface area contributed by atoms with Gasteiger partial charge in [0, 0.05) is 43.9 Å².